The lowest BCUT2D eigenvalue weighted by Gasteiger charge is -2.04. The van der Waals surface area contributed by atoms with Gasteiger partial charge < -0.3 is 14.2 Å². The second-order valence-corrected chi connectivity index (χ2v) is 3.75. The molecule has 0 aromatic heterocycles. The number of unbranched alkanes of at least 4 members (excludes halogenated alkanes) is 3. The first-order valence-electron chi connectivity index (χ1n) is 6.18. The molecule has 0 atom stereocenters. The molecule has 0 rings (SSSR count). The zero-order valence-corrected chi connectivity index (χ0v) is 11.3. The number of hydrogen-bond acceptors (Lipinski definition) is 6. The Kier molecular flexibility index (Phi) is 10.2. The predicted octanol–water partition coefficient (Wildman–Crippen LogP) is 1.38. The maximum atomic E-state index is 11.2. The Labute approximate surface area is 112 Å². The average molecular weight is 272 g/mol. The van der Waals surface area contributed by atoms with Crippen molar-refractivity contribution in [2.45, 2.75) is 32.6 Å². The SMILES string of the molecule is CCCCCCOC(=O)COC(=O)/C=C/C(=O)OC. The normalized spacial score (nSPS) is 10.2. The minimum absolute atomic E-state index is 0.328. The molecule has 0 aromatic carbocycles. The molecule has 0 aliphatic carbocycles. The third kappa shape index (κ3) is 11.0. The van der Waals surface area contributed by atoms with Crippen molar-refractivity contribution in [2.75, 3.05) is 20.3 Å². The van der Waals surface area contributed by atoms with Crippen molar-refractivity contribution >= 4 is 17.9 Å². The highest BCUT2D eigenvalue weighted by molar-refractivity contribution is 5.92. The van der Waals surface area contributed by atoms with Crippen LogP contribution in [0.1, 0.15) is 32.6 Å². The summed E-state index contributed by atoms with van der Waals surface area (Å²) in [7, 11) is 1.19. The number of methoxy groups -OCH3 is 1. The van der Waals surface area contributed by atoms with E-state index in [1.54, 1.807) is 0 Å². The molecule has 0 bridgehead atoms. The highest BCUT2D eigenvalue weighted by Gasteiger charge is 2.06. The lowest BCUT2D eigenvalue weighted by molar-refractivity contribution is -0.156. The summed E-state index contributed by atoms with van der Waals surface area (Å²) < 4.78 is 13.7. The molecule has 0 N–H and O–H groups in total. The van der Waals surface area contributed by atoms with Crippen molar-refractivity contribution in [3.8, 4) is 0 Å². The first-order valence-corrected chi connectivity index (χ1v) is 6.18. The molecule has 0 aliphatic heterocycles. The quantitative estimate of drug-likeness (QED) is 0.273. The van der Waals surface area contributed by atoms with Gasteiger partial charge in [0.05, 0.1) is 13.7 Å². The molecule has 0 saturated heterocycles. The van der Waals surface area contributed by atoms with Gasteiger partial charge in [-0.05, 0) is 6.42 Å². The van der Waals surface area contributed by atoms with Gasteiger partial charge in [0.2, 0.25) is 0 Å². The molecule has 0 saturated carbocycles. The van der Waals surface area contributed by atoms with Crippen LogP contribution in [-0.4, -0.2) is 38.2 Å². The lowest BCUT2D eigenvalue weighted by Crippen LogP contribution is -2.16. The number of ether oxygens (including phenoxy) is 3. The maximum absolute atomic E-state index is 11.2. The highest BCUT2D eigenvalue weighted by atomic mass is 16.6. The molecule has 0 aromatic rings. The first-order chi connectivity index (χ1) is 9.10. The van der Waals surface area contributed by atoms with Crippen LogP contribution in [-0.2, 0) is 28.6 Å². The van der Waals surface area contributed by atoms with E-state index in [9.17, 15) is 14.4 Å². The highest BCUT2D eigenvalue weighted by Crippen LogP contribution is 1.99. The first kappa shape index (κ1) is 17.2. The van der Waals surface area contributed by atoms with Gasteiger partial charge in [0, 0.05) is 12.2 Å². The fourth-order valence-corrected chi connectivity index (χ4v) is 1.14. The Morgan fingerprint density at radius 1 is 0.947 bits per heavy atom. The lowest BCUT2D eigenvalue weighted by atomic mass is 10.2. The minimum atomic E-state index is -0.798. The van der Waals surface area contributed by atoms with Crippen molar-refractivity contribution in [1.29, 1.82) is 0 Å². The van der Waals surface area contributed by atoms with Crippen LogP contribution < -0.4 is 0 Å². The molecule has 0 aliphatic rings. The minimum Gasteiger partial charge on any atom is -0.466 e. The van der Waals surface area contributed by atoms with Crippen LogP contribution in [0.15, 0.2) is 12.2 Å². The van der Waals surface area contributed by atoms with Crippen molar-refractivity contribution in [3.63, 3.8) is 0 Å². The van der Waals surface area contributed by atoms with Crippen molar-refractivity contribution in [2.24, 2.45) is 0 Å². The second-order valence-electron chi connectivity index (χ2n) is 3.75. The van der Waals surface area contributed by atoms with E-state index >= 15 is 0 Å². The zero-order chi connectivity index (χ0) is 14.5. The summed E-state index contributed by atoms with van der Waals surface area (Å²) >= 11 is 0. The van der Waals surface area contributed by atoms with Crippen LogP contribution in [0.4, 0.5) is 0 Å². The van der Waals surface area contributed by atoms with Crippen LogP contribution in [0.5, 0.6) is 0 Å². The van der Waals surface area contributed by atoms with Crippen molar-refractivity contribution < 1.29 is 28.6 Å². The number of hydrogen-bond donors (Lipinski definition) is 0. The summed E-state index contributed by atoms with van der Waals surface area (Å²) in [5.41, 5.74) is 0. The Hall–Kier alpha value is -1.85. The fraction of sp³-hybridized carbons (Fsp3) is 0.615. The standard InChI is InChI=1S/C13H20O6/c1-3-4-5-6-9-18-13(16)10-19-12(15)8-7-11(14)17-2/h7-8H,3-6,9-10H2,1-2H3/b8-7+. The van der Waals surface area contributed by atoms with E-state index in [1.165, 1.54) is 7.11 Å². The number of rotatable bonds is 9. The van der Waals surface area contributed by atoms with Gasteiger partial charge in [-0.3, -0.25) is 0 Å². The number of carbonyl (C=O) groups is 3. The molecule has 108 valence electrons. The predicted molar refractivity (Wildman–Crippen MR) is 67.2 cm³/mol. The molecule has 6 heteroatoms. The van der Waals surface area contributed by atoms with E-state index < -0.39 is 24.5 Å². The zero-order valence-electron chi connectivity index (χ0n) is 11.3. The Morgan fingerprint density at radius 3 is 2.26 bits per heavy atom. The maximum Gasteiger partial charge on any atom is 0.344 e. The van der Waals surface area contributed by atoms with Crippen LogP contribution in [0.2, 0.25) is 0 Å². The van der Waals surface area contributed by atoms with Gasteiger partial charge in [-0.2, -0.15) is 0 Å². The van der Waals surface area contributed by atoms with E-state index in [4.69, 9.17) is 4.74 Å². The number of esters is 3. The molecular formula is C13H20O6. The van der Waals surface area contributed by atoms with Gasteiger partial charge in [-0.15, -0.1) is 0 Å². The van der Waals surface area contributed by atoms with E-state index in [1.807, 2.05) is 0 Å². The van der Waals surface area contributed by atoms with Crippen LogP contribution >= 0.6 is 0 Å². The third-order valence-electron chi connectivity index (χ3n) is 2.15. The largest absolute Gasteiger partial charge is 0.466 e. The molecule has 0 fully saturated rings. The second kappa shape index (κ2) is 11.3. The molecule has 0 heterocycles. The summed E-state index contributed by atoms with van der Waals surface area (Å²) in [6.45, 7) is 1.96. The monoisotopic (exact) mass is 272 g/mol. The van der Waals surface area contributed by atoms with Gasteiger partial charge in [0.15, 0.2) is 6.61 Å². The van der Waals surface area contributed by atoms with Gasteiger partial charge in [-0.1, -0.05) is 26.2 Å². The molecule has 6 nitrogen and oxygen atoms in total. The Morgan fingerprint density at radius 2 is 1.63 bits per heavy atom. The molecule has 0 amide bonds. The van der Waals surface area contributed by atoms with E-state index in [-0.39, 0.29) is 0 Å². The van der Waals surface area contributed by atoms with E-state index in [0.29, 0.717) is 6.61 Å². The van der Waals surface area contributed by atoms with Crippen molar-refractivity contribution in [3.05, 3.63) is 12.2 Å². The van der Waals surface area contributed by atoms with Gasteiger partial charge in [-0.25, -0.2) is 14.4 Å². The van der Waals surface area contributed by atoms with Crippen LogP contribution in [0.25, 0.3) is 0 Å². The van der Waals surface area contributed by atoms with E-state index in [0.717, 1.165) is 37.8 Å². The molecular weight excluding hydrogens is 252 g/mol. The van der Waals surface area contributed by atoms with E-state index in [2.05, 4.69) is 16.4 Å². The summed E-state index contributed by atoms with van der Waals surface area (Å²) in [6, 6.07) is 0. The molecule has 0 radical (unpaired) electrons. The van der Waals surface area contributed by atoms with Gasteiger partial charge >= 0.3 is 17.9 Å². The number of carbonyl (C=O) groups excluding carboxylic acids is 3. The fourth-order valence-electron chi connectivity index (χ4n) is 1.14. The summed E-state index contributed by atoms with van der Waals surface area (Å²) in [6.07, 6.45) is 5.82. The van der Waals surface area contributed by atoms with Gasteiger partial charge in [0.25, 0.3) is 0 Å². The molecule has 19 heavy (non-hydrogen) atoms. The summed E-state index contributed by atoms with van der Waals surface area (Å²) in [5.74, 6) is -2.07. The van der Waals surface area contributed by atoms with Crippen molar-refractivity contribution in [1.82, 2.24) is 0 Å². The summed E-state index contributed by atoms with van der Waals surface area (Å²) in [5, 5.41) is 0. The smallest absolute Gasteiger partial charge is 0.344 e. The Balaban J connectivity index is 3.64. The third-order valence-corrected chi connectivity index (χ3v) is 2.15. The topological polar surface area (TPSA) is 78.9 Å². The van der Waals surface area contributed by atoms with Crippen LogP contribution in [0, 0.1) is 0 Å². The molecule has 0 unspecified atom stereocenters. The van der Waals surface area contributed by atoms with Crippen LogP contribution in [0.3, 0.4) is 0 Å². The molecule has 0 spiro atoms. The van der Waals surface area contributed by atoms with Gasteiger partial charge in [0.1, 0.15) is 0 Å². The Bertz CT molecular complexity index is 321. The summed E-state index contributed by atoms with van der Waals surface area (Å²) in [4.78, 5) is 32.9. The average Bonchev–Trinajstić information content (AvgIpc) is 2.42.